The average molecular weight is 378 g/mol. The Balaban J connectivity index is 1.83. The molecule has 0 aliphatic heterocycles. The highest BCUT2D eigenvalue weighted by molar-refractivity contribution is 5.91. The van der Waals surface area contributed by atoms with Crippen molar-refractivity contribution in [3.8, 4) is 0 Å². The van der Waals surface area contributed by atoms with E-state index in [2.05, 4.69) is 25.6 Å². The van der Waals surface area contributed by atoms with Gasteiger partial charge in [-0.3, -0.25) is 4.79 Å². The van der Waals surface area contributed by atoms with Gasteiger partial charge < -0.3 is 20.5 Å². The number of nitrogens with one attached hydrogen (secondary N) is 3. The summed E-state index contributed by atoms with van der Waals surface area (Å²) >= 11 is 0. The SMILES string of the molecule is CC(=O)N(C)c1ccc(Nc2nc(NCC(F)(F)F)c3cc[nH]c3n2)cc1. The van der Waals surface area contributed by atoms with E-state index in [4.69, 9.17) is 0 Å². The van der Waals surface area contributed by atoms with Crippen molar-refractivity contribution in [2.24, 2.45) is 0 Å². The number of aromatic nitrogens is 3. The van der Waals surface area contributed by atoms with Crippen LogP contribution in [0.3, 0.4) is 0 Å². The maximum Gasteiger partial charge on any atom is 0.405 e. The number of aromatic amines is 1. The molecule has 0 aliphatic rings. The van der Waals surface area contributed by atoms with E-state index in [0.29, 0.717) is 22.4 Å². The fourth-order valence-corrected chi connectivity index (χ4v) is 2.40. The monoisotopic (exact) mass is 378 g/mol. The zero-order valence-corrected chi connectivity index (χ0v) is 14.6. The molecule has 7 nitrogen and oxygen atoms in total. The van der Waals surface area contributed by atoms with Gasteiger partial charge in [-0.2, -0.15) is 23.1 Å². The number of nitrogens with zero attached hydrogens (tertiary/aromatic N) is 3. The predicted molar refractivity (Wildman–Crippen MR) is 97.2 cm³/mol. The number of rotatable bonds is 5. The highest BCUT2D eigenvalue weighted by Gasteiger charge is 2.27. The van der Waals surface area contributed by atoms with Crippen molar-refractivity contribution in [2.75, 3.05) is 29.1 Å². The van der Waals surface area contributed by atoms with E-state index in [9.17, 15) is 18.0 Å². The van der Waals surface area contributed by atoms with Crippen LogP contribution in [0, 0.1) is 0 Å². The minimum Gasteiger partial charge on any atom is -0.360 e. The molecule has 0 atom stereocenters. The van der Waals surface area contributed by atoms with Gasteiger partial charge in [0.1, 0.15) is 18.0 Å². The van der Waals surface area contributed by atoms with Crippen molar-refractivity contribution >= 4 is 40.1 Å². The third-order valence-electron chi connectivity index (χ3n) is 3.86. The number of hydrogen-bond donors (Lipinski definition) is 3. The summed E-state index contributed by atoms with van der Waals surface area (Å²) in [5.74, 6) is 0.118. The summed E-state index contributed by atoms with van der Waals surface area (Å²) in [6.07, 6.45) is -2.78. The van der Waals surface area contributed by atoms with E-state index in [1.165, 1.54) is 11.8 Å². The van der Waals surface area contributed by atoms with Crippen LogP contribution in [-0.4, -0.2) is 40.6 Å². The molecular weight excluding hydrogens is 361 g/mol. The van der Waals surface area contributed by atoms with Gasteiger partial charge in [-0.05, 0) is 30.3 Å². The van der Waals surface area contributed by atoms with Crippen LogP contribution in [0.2, 0.25) is 0 Å². The Morgan fingerprint density at radius 3 is 2.52 bits per heavy atom. The molecule has 3 rings (SSSR count). The first-order valence-electron chi connectivity index (χ1n) is 8.00. The van der Waals surface area contributed by atoms with Gasteiger partial charge in [0, 0.05) is 31.5 Å². The number of amides is 1. The van der Waals surface area contributed by atoms with Gasteiger partial charge in [-0.1, -0.05) is 0 Å². The Labute approximate surface area is 152 Å². The Bertz CT molecular complexity index is 951. The molecule has 3 aromatic rings. The summed E-state index contributed by atoms with van der Waals surface area (Å²) in [7, 11) is 1.66. The lowest BCUT2D eigenvalue weighted by atomic mass is 10.2. The number of H-pyrrole nitrogens is 1. The Morgan fingerprint density at radius 2 is 1.89 bits per heavy atom. The number of fused-ring (bicyclic) bond motifs is 1. The second kappa shape index (κ2) is 7.14. The van der Waals surface area contributed by atoms with Crippen LogP contribution in [0.4, 0.5) is 36.3 Å². The standard InChI is InChI=1S/C17H17F3N6O/c1-10(27)26(2)12-5-3-11(4-6-12)23-16-24-14-13(7-8-21-14)15(25-16)22-9-17(18,19)20/h3-8H,9H2,1-2H3,(H3,21,22,23,24,25). The smallest absolute Gasteiger partial charge is 0.360 e. The first-order chi connectivity index (χ1) is 12.7. The van der Waals surface area contributed by atoms with E-state index < -0.39 is 12.7 Å². The molecule has 0 unspecified atom stereocenters. The van der Waals surface area contributed by atoms with Crippen molar-refractivity contribution in [3.05, 3.63) is 36.5 Å². The molecule has 0 saturated heterocycles. The van der Waals surface area contributed by atoms with Crippen molar-refractivity contribution < 1.29 is 18.0 Å². The van der Waals surface area contributed by atoms with Gasteiger partial charge in [0.15, 0.2) is 0 Å². The molecule has 2 heterocycles. The maximum atomic E-state index is 12.5. The molecular formula is C17H17F3N6O. The number of carbonyl (C=O) groups is 1. The molecule has 1 aromatic carbocycles. The van der Waals surface area contributed by atoms with Crippen LogP contribution in [0.5, 0.6) is 0 Å². The van der Waals surface area contributed by atoms with Gasteiger partial charge in [-0.25, -0.2) is 0 Å². The largest absolute Gasteiger partial charge is 0.405 e. The summed E-state index contributed by atoms with van der Waals surface area (Å²) in [6.45, 7) is 0.261. The maximum absolute atomic E-state index is 12.5. The zero-order valence-electron chi connectivity index (χ0n) is 14.6. The fraction of sp³-hybridized carbons (Fsp3) is 0.235. The van der Waals surface area contributed by atoms with Gasteiger partial charge in [0.05, 0.1) is 5.39 Å². The highest BCUT2D eigenvalue weighted by Crippen LogP contribution is 2.25. The topological polar surface area (TPSA) is 85.9 Å². The summed E-state index contributed by atoms with van der Waals surface area (Å²) < 4.78 is 37.6. The van der Waals surface area contributed by atoms with Crippen LogP contribution >= 0.6 is 0 Å². The van der Waals surface area contributed by atoms with Crippen LogP contribution < -0.4 is 15.5 Å². The van der Waals surface area contributed by atoms with Crippen molar-refractivity contribution in [2.45, 2.75) is 13.1 Å². The molecule has 3 N–H and O–H groups in total. The first-order valence-corrected chi connectivity index (χ1v) is 8.00. The summed E-state index contributed by atoms with van der Waals surface area (Å²) in [4.78, 5) is 24.1. The number of carbonyl (C=O) groups excluding carboxylic acids is 1. The second-order valence-corrected chi connectivity index (χ2v) is 5.85. The van der Waals surface area contributed by atoms with E-state index in [-0.39, 0.29) is 17.7 Å². The fourth-order valence-electron chi connectivity index (χ4n) is 2.40. The third kappa shape index (κ3) is 4.46. The second-order valence-electron chi connectivity index (χ2n) is 5.85. The average Bonchev–Trinajstić information content (AvgIpc) is 3.07. The number of alkyl halides is 3. The highest BCUT2D eigenvalue weighted by atomic mass is 19.4. The number of halogens is 3. The molecule has 1 amide bonds. The van der Waals surface area contributed by atoms with Crippen LogP contribution in [-0.2, 0) is 4.79 Å². The van der Waals surface area contributed by atoms with Gasteiger partial charge in [0.2, 0.25) is 11.9 Å². The summed E-state index contributed by atoms with van der Waals surface area (Å²) in [5, 5.41) is 5.71. The zero-order chi connectivity index (χ0) is 19.6. The molecule has 2 aromatic heterocycles. The van der Waals surface area contributed by atoms with Crippen LogP contribution in [0.15, 0.2) is 36.5 Å². The molecule has 0 spiro atoms. The first kappa shape index (κ1) is 18.5. The molecule has 0 radical (unpaired) electrons. The van der Waals surface area contributed by atoms with Gasteiger partial charge >= 0.3 is 6.18 Å². The quantitative estimate of drug-likeness (QED) is 0.631. The van der Waals surface area contributed by atoms with Crippen molar-refractivity contribution in [1.29, 1.82) is 0 Å². The third-order valence-corrected chi connectivity index (χ3v) is 3.86. The lowest BCUT2D eigenvalue weighted by molar-refractivity contribution is -0.116. The van der Waals surface area contributed by atoms with Gasteiger partial charge in [-0.15, -0.1) is 0 Å². The van der Waals surface area contributed by atoms with E-state index >= 15 is 0 Å². The van der Waals surface area contributed by atoms with E-state index in [0.717, 1.165) is 0 Å². The molecule has 10 heteroatoms. The minimum atomic E-state index is -4.36. The summed E-state index contributed by atoms with van der Waals surface area (Å²) in [5.41, 5.74) is 1.75. The molecule has 27 heavy (non-hydrogen) atoms. The van der Waals surface area contributed by atoms with Gasteiger partial charge in [0.25, 0.3) is 0 Å². The molecule has 0 saturated carbocycles. The van der Waals surface area contributed by atoms with E-state index in [1.54, 1.807) is 43.6 Å². The molecule has 0 aliphatic carbocycles. The molecule has 0 bridgehead atoms. The Morgan fingerprint density at radius 1 is 1.19 bits per heavy atom. The van der Waals surface area contributed by atoms with E-state index in [1.807, 2.05) is 0 Å². The van der Waals surface area contributed by atoms with Crippen molar-refractivity contribution in [1.82, 2.24) is 15.0 Å². The molecule has 0 fully saturated rings. The normalized spacial score (nSPS) is 11.4. The Kier molecular flexibility index (Phi) is 4.89. The molecule has 142 valence electrons. The number of benzene rings is 1. The predicted octanol–water partition coefficient (Wildman–Crippen LogP) is 3.66. The van der Waals surface area contributed by atoms with Crippen molar-refractivity contribution in [3.63, 3.8) is 0 Å². The van der Waals surface area contributed by atoms with Crippen LogP contribution in [0.25, 0.3) is 11.0 Å². The number of anilines is 4. The Hall–Kier alpha value is -3.30. The lowest BCUT2D eigenvalue weighted by Crippen LogP contribution is -2.22. The number of hydrogen-bond acceptors (Lipinski definition) is 5. The lowest BCUT2D eigenvalue weighted by Gasteiger charge is -2.15. The van der Waals surface area contributed by atoms with Crippen LogP contribution in [0.1, 0.15) is 6.92 Å². The summed E-state index contributed by atoms with van der Waals surface area (Å²) in [6, 6.07) is 8.52. The minimum absolute atomic E-state index is 0.0778.